The monoisotopic (exact) mass is 370 g/mol. The van der Waals surface area contributed by atoms with E-state index in [9.17, 15) is 19.8 Å². The van der Waals surface area contributed by atoms with E-state index in [1.807, 2.05) is 27.7 Å². The smallest absolute Gasteiger partial charge is 0.457 e. The van der Waals surface area contributed by atoms with Gasteiger partial charge in [0.15, 0.2) is 0 Å². The molecule has 0 aromatic heterocycles. The Morgan fingerprint density at radius 1 is 1.19 bits per heavy atom. The van der Waals surface area contributed by atoms with Crippen molar-refractivity contribution < 1.29 is 29.1 Å². The average molecular weight is 370 g/mol. The summed E-state index contributed by atoms with van der Waals surface area (Å²) in [6.45, 7) is 8.44. The van der Waals surface area contributed by atoms with Crippen molar-refractivity contribution in [3.05, 3.63) is 0 Å². The molecule has 0 radical (unpaired) electrons. The number of rotatable bonds is 7. The first-order valence-corrected chi connectivity index (χ1v) is 9.24. The molecule has 2 rings (SSSR count). The van der Waals surface area contributed by atoms with Gasteiger partial charge in [0, 0.05) is 12.6 Å². The van der Waals surface area contributed by atoms with Crippen molar-refractivity contribution in [2.75, 3.05) is 13.6 Å². The third-order valence-electron chi connectivity index (χ3n) is 5.94. The van der Waals surface area contributed by atoms with Crippen LogP contribution in [-0.4, -0.2) is 71.2 Å². The Labute approximate surface area is 155 Å². The lowest BCUT2D eigenvalue weighted by Gasteiger charge is -2.32. The molecule has 0 spiro atoms. The zero-order valence-corrected chi connectivity index (χ0v) is 16.3. The maximum absolute atomic E-state index is 11.7. The van der Waals surface area contributed by atoms with Crippen LogP contribution in [0.2, 0.25) is 6.32 Å². The summed E-state index contributed by atoms with van der Waals surface area (Å²) >= 11 is 0. The van der Waals surface area contributed by atoms with Gasteiger partial charge in [0.25, 0.3) is 0 Å². The molecule has 0 bridgehead atoms. The second-order valence-electron chi connectivity index (χ2n) is 8.30. The van der Waals surface area contributed by atoms with Crippen LogP contribution in [0.15, 0.2) is 0 Å². The van der Waals surface area contributed by atoms with Crippen molar-refractivity contribution in [1.82, 2.24) is 10.2 Å². The summed E-state index contributed by atoms with van der Waals surface area (Å²) in [4.78, 5) is 24.4. The minimum absolute atomic E-state index is 0.204. The quantitative estimate of drug-likeness (QED) is 0.588. The molecule has 2 heterocycles. The van der Waals surface area contributed by atoms with Gasteiger partial charge in [-0.3, -0.25) is 4.90 Å². The van der Waals surface area contributed by atoms with Gasteiger partial charge in [-0.15, -0.1) is 0 Å². The first-order chi connectivity index (χ1) is 12.0. The van der Waals surface area contributed by atoms with E-state index in [2.05, 4.69) is 5.32 Å². The molecule has 3 N–H and O–H groups in total. The molecule has 8 nitrogen and oxygen atoms in total. The molecule has 2 aliphatic rings. The number of hydrogen-bond acceptors (Lipinski definition) is 5. The minimum atomic E-state index is -1.17. The number of likely N-dealkylation sites (N-methyl/N-ethyl adjacent to an activating group) is 1. The van der Waals surface area contributed by atoms with Crippen LogP contribution in [0.3, 0.4) is 0 Å². The zero-order valence-electron chi connectivity index (χ0n) is 16.3. The number of carboxylic acids is 1. The molecule has 0 aliphatic carbocycles. The largest absolute Gasteiger partial charge is 0.480 e. The van der Waals surface area contributed by atoms with E-state index >= 15 is 0 Å². The Bertz CT molecular complexity index is 525. The van der Waals surface area contributed by atoms with E-state index in [-0.39, 0.29) is 30.3 Å². The Kier molecular flexibility index (Phi) is 6.25. The number of likely N-dealkylation sites (tertiary alicyclic amines) is 1. The Hall–Kier alpha value is -1.32. The highest BCUT2D eigenvalue weighted by molar-refractivity contribution is 6.45. The number of nitrogens with one attached hydrogen (secondary N) is 1. The fraction of sp³-hybridized carbons (Fsp3) is 0.882. The predicted octanol–water partition coefficient (Wildman–Crippen LogP) is 1.90. The van der Waals surface area contributed by atoms with E-state index in [0.29, 0.717) is 25.7 Å². The maximum atomic E-state index is 11.7. The second-order valence-corrected chi connectivity index (χ2v) is 8.30. The maximum Gasteiger partial charge on any atom is 0.457 e. The molecule has 3 atom stereocenters. The molecular weight excluding hydrogens is 339 g/mol. The summed E-state index contributed by atoms with van der Waals surface area (Å²) in [6, 6.07) is -1.32. The number of amides is 1. The standard InChI is InChI=1S/C17H31BN2O6/c1-16(2)17(3,4)26-18(25-16)8-6-7-11-9-12(10-19-5)20(15(23)24)13(11)14(21)22/h11-13,19H,6-10H2,1-5H3,(H,21,22)(H,23,24)/t11-,12?,13+/m1/s1. The lowest BCUT2D eigenvalue weighted by molar-refractivity contribution is -0.143. The number of carboxylic acid groups (broad SMARTS) is 2. The third-order valence-corrected chi connectivity index (χ3v) is 5.94. The van der Waals surface area contributed by atoms with Crippen LogP contribution in [0.1, 0.15) is 47.0 Å². The molecule has 0 aromatic rings. The van der Waals surface area contributed by atoms with E-state index in [1.54, 1.807) is 7.05 Å². The molecule has 26 heavy (non-hydrogen) atoms. The van der Waals surface area contributed by atoms with Crippen molar-refractivity contribution >= 4 is 19.2 Å². The highest BCUT2D eigenvalue weighted by Crippen LogP contribution is 2.39. The van der Waals surface area contributed by atoms with Gasteiger partial charge in [0.1, 0.15) is 6.04 Å². The summed E-state index contributed by atoms with van der Waals surface area (Å²) in [7, 11) is 1.43. The molecule has 1 unspecified atom stereocenters. The molecule has 0 aromatic carbocycles. The number of hydrogen-bond donors (Lipinski definition) is 3. The first-order valence-electron chi connectivity index (χ1n) is 9.24. The van der Waals surface area contributed by atoms with E-state index in [0.717, 1.165) is 11.3 Å². The molecule has 2 fully saturated rings. The number of carbonyl (C=O) groups is 2. The summed E-state index contributed by atoms with van der Waals surface area (Å²) in [6.07, 6.45) is 1.40. The van der Waals surface area contributed by atoms with Crippen molar-refractivity contribution in [2.45, 2.75) is 76.6 Å². The average Bonchev–Trinajstić information content (AvgIpc) is 2.94. The van der Waals surface area contributed by atoms with Gasteiger partial charge in [-0.25, -0.2) is 9.59 Å². The number of aliphatic carboxylic acids is 1. The highest BCUT2D eigenvalue weighted by atomic mass is 16.7. The van der Waals surface area contributed by atoms with Gasteiger partial charge >= 0.3 is 19.2 Å². The van der Waals surface area contributed by atoms with Gasteiger partial charge in [0.05, 0.1) is 11.2 Å². The molecule has 2 aliphatic heterocycles. The van der Waals surface area contributed by atoms with E-state index in [1.165, 1.54) is 0 Å². The third kappa shape index (κ3) is 4.15. The zero-order chi connectivity index (χ0) is 19.7. The SMILES string of the molecule is CNCC1C[C@@H](CCCB2OC(C)(C)C(C)(C)O2)[C@@H](C(=O)O)N1C(=O)O. The Morgan fingerprint density at radius 2 is 1.77 bits per heavy atom. The van der Waals surface area contributed by atoms with Crippen molar-refractivity contribution in [3.63, 3.8) is 0 Å². The molecule has 148 valence electrons. The topological polar surface area (TPSA) is 108 Å². The highest BCUT2D eigenvalue weighted by Gasteiger charge is 2.51. The fourth-order valence-corrected chi connectivity index (χ4v) is 3.96. The van der Waals surface area contributed by atoms with Crippen LogP contribution in [0.25, 0.3) is 0 Å². The van der Waals surface area contributed by atoms with Gasteiger partial charge < -0.3 is 24.8 Å². The normalized spacial score (nSPS) is 30.0. The predicted molar refractivity (Wildman–Crippen MR) is 97.2 cm³/mol. The summed E-state index contributed by atoms with van der Waals surface area (Å²) in [5.74, 6) is -1.28. The van der Waals surface area contributed by atoms with E-state index < -0.39 is 18.1 Å². The first kappa shape index (κ1) is 21.0. The lowest BCUT2D eigenvalue weighted by atomic mass is 9.80. The van der Waals surface area contributed by atoms with Crippen LogP contribution >= 0.6 is 0 Å². The van der Waals surface area contributed by atoms with Gasteiger partial charge in [-0.05, 0) is 59.8 Å². The second kappa shape index (κ2) is 7.74. The molecule has 9 heteroatoms. The Morgan fingerprint density at radius 3 is 2.23 bits per heavy atom. The van der Waals surface area contributed by atoms with Crippen molar-refractivity contribution in [1.29, 1.82) is 0 Å². The molecule has 2 saturated heterocycles. The minimum Gasteiger partial charge on any atom is -0.480 e. The molecule has 0 saturated carbocycles. The van der Waals surface area contributed by atoms with Crippen LogP contribution in [0, 0.1) is 5.92 Å². The van der Waals surface area contributed by atoms with Crippen LogP contribution in [0.5, 0.6) is 0 Å². The van der Waals surface area contributed by atoms with E-state index in [4.69, 9.17) is 9.31 Å². The van der Waals surface area contributed by atoms with Crippen LogP contribution in [-0.2, 0) is 14.1 Å². The van der Waals surface area contributed by atoms with Crippen molar-refractivity contribution in [2.24, 2.45) is 5.92 Å². The van der Waals surface area contributed by atoms with Crippen LogP contribution in [0.4, 0.5) is 4.79 Å². The van der Waals surface area contributed by atoms with Gasteiger partial charge in [-0.1, -0.05) is 6.42 Å². The molecular formula is C17H31BN2O6. The van der Waals surface area contributed by atoms with Gasteiger partial charge in [0.2, 0.25) is 0 Å². The fourth-order valence-electron chi connectivity index (χ4n) is 3.96. The van der Waals surface area contributed by atoms with Crippen molar-refractivity contribution in [3.8, 4) is 0 Å². The Balaban J connectivity index is 1.96. The summed E-state index contributed by atoms with van der Waals surface area (Å²) in [5.41, 5.74) is -0.765. The number of nitrogens with zero attached hydrogens (tertiary/aromatic N) is 1. The summed E-state index contributed by atoms with van der Waals surface area (Å²) in [5, 5.41) is 22.0. The lowest BCUT2D eigenvalue weighted by Crippen LogP contribution is -2.48. The van der Waals surface area contributed by atoms with Gasteiger partial charge in [-0.2, -0.15) is 0 Å². The summed E-state index contributed by atoms with van der Waals surface area (Å²) < 4.78 is 11.9. The molecule has 1 amide bonds. The van der Waals surface area contributed by atoms with Crippen LogP contribution < -0.4 is 5.32 Å².